The zero-order valence-corrected chi connectivity index (χ0v) is 17.2. The summed E-state index contributed by atoms with van der Waals surface area (Å²) in [5, 5.41) is 4.80. The number of hydrogen-bond donors (Lipinski definition) is 0. The zero-order valence-electron chi connectivity index (χ0n) is 16.4. The van der Waals surface area contributed by atoms with E-state index in [9.17, 15) is 4.79 Å². The average molecular weight is 427 g/mol. The van der Waals surface area contributed by atoms with Crippen molar-refractivity contribution >= 4 is 22.8 Å². The Morgan fingerprint density at radius 2 is 2.03 bits per heavy atom. The molecule has 30 heavy (non-hydrogen) atoms. The molecule has 0 bridgehead atoms. The number of hydrogen-bond acceptors (Lipinski definition) is 7. The zero-order chi connectivity index (χ0) is 20.8. The van der Waals surface area contributed by atoms with Gasteiger partial charge in [-0.2, -0.15) is 4.98 Å². The molecule has 154 valence electrons. The van der Waals surface area contributed by atoms with Gasteiger partial charge in [-0.3, -0.25) is 9.36 Å². The van der Waals surface area contributed by atoms with Crippen molar-refractivity contribution in [1.29, 1.82) is 0 Å². The lowest BCUT2D eigenvalue weighted by atomic mass is 10.0. The van der Waals surface area contributed by atoms with Crippen LogP contribution in [0.25, 0.3) is 11.2 Å². The summed E-state index contributed by atoms with van der Waals surface area (Å²) in [6.45, 7) is 2.48. The second kappa shape index (κ2) is 7.33. The Labute approximate surface area is 176 Å². The van der Waals surface area contributed by atoms with E-state index in [0.29, 0.717) is 34.5 Å². The average Bonchev–Trinajstić information content (AvgIpc) is 3.45. The van der Waals surface area contributed by atoms with Crippen LogP contribution in [0.3, 0.4) is 0 Å². The molecular formula is C20H19ClN6O3. The Bertz CT molecular complexity index is 1280. The number of benzene rings is 1. The summed E-state index contributed by atoms with van der Waals surface area (Å²) in [6, 6.07) is 7.64. The van der Waals surface area contributed by atoms with Crippen LogP contribution in [-0.4, -0.2) is 35.8 Å². The third-order valence-corrected chi connectivity index (χ3v) is 5.73. The van der Waals surface area contributed by atoms with Crippen LogP contribution in [0.1, 0.15) is 41.5 Å². The Hall–Kier alpha value is -3.04. The second-order valence-electron chi connectivity index (χ2n) is 7.42. The Morgan fingerprint density at radius 1 is 1.23 bits per heavy atom. The molecule has 0 N–H and O–H groups in total. The van der Waals surface area contributed by atoms with Gasteiger partial charge < -0.3 is 13.8 Å². The van der Waals surface area contributed by atoms with E-state index < -0.39 is 0 Å². The van der Waals surface area contributed by atoms with Crippen molar-refractivity contribution in [3.05, 3.63) is 69.1 Å². The first kappa shape index (κ1) is 19.0. The van der Waals surface area contributed by atoms with Gasteiger partial charge in [0.1, 0.15) is 18.7 Å². The molecule has 0 amide bonds. The van der Waals surface area contributed by atoms with Crippen LogP contribution in [-0.2, 0) is 18.3 Å². The van der Waals surface area contributed by atoms with E-state index in [2.05, 4.69) is 20.1 Å². The Morgan fingerprint density at radius 3 is 2.83 bits per heavy atom. The quantitative estimate of drug-likeness (QED) is 0.494. The second-order valence-corrected chi connectivity index (χ2v) is 7.86. The lowest BCUT2D eigenvalue weighted by Gasteiger charge is -2.09. The molecule has 0 radical (unpaired) electrons. The fourth-order valence-corrected chi connectivity index (χ4v) is 3.83. The minimum Gasteiger partial charge on any atom is -0.373 e. The fraction of sp³-hybridized carbons (Fsp3) is 0.350. The van der Waals surface area contributed by atoms with Crippen LogP contribution in [0, 0.1) is 6.92 Å². The predicted octanol–water partition coefficient (Wildman–Crippen LogP) is 2.77. The first-order valence-electron chi connectivity index (χ1n) is 9.57. The van der Waals surface area contributed by atoms with E-state index in [1.165, 1.54) is 10.9 Å². The van der Waals surface area contributed by atoms with Gasteiger partial charge in [0, 0.05) is 18.0 Å². The molecule has 1 aliphatic rings. The molecule has 1 saturated heterocycles. The van der Waals surface area contributed by atoms with Crippen molar-refractivity contribution in [3.8, 4) is 0 Å². The third kappa shape index (κ3) is 3.29. The molecule has 10 heteroatoms. The van der Waals surface area contributed by atoms with Crippen molar-refractivity contribution in [1.82, 2.24) is 29.2 Å². The first-order valence-corrected chi connectivity index (χ1v) is 9.95. The highest BCUT2D eigenvalue weighted by Crippen LogP contribution is 2.37. The maximum atomic E-state index is 12.8. The van der Waals surface area contributed by atoms with Gasteiger partial charge in [0.2, 0.25) is 5.89 Å². The Kier molecular flexibility index (Phi) is 4.63. The van der Waals surface area contributed by atoms with Gasteiger partial charge in [0.05, 0.1) is 12.7 Å². The van der Waals surface area contributed by atoms with E-state index >= 15 is 0 Å². The van der Waals surface area contributed by atoms with Crippen LogP contribution >= 0.6 is 11.6 Å². The number of aryl methyl sites for hydroxylation is 2. The minimum atomic E-state index is -0.199. The molecule has 4 heterocycles. The Balaban J connectivity index is 1.33. The fourth-order valence-electron chi connectivity index (χ4n) is 3.71. The molecule has 2 atom stereocenters. The highest BCUT2D eigenvalue weighted by molar-refractivity contribution is 6.30. The van der Waals surface area contributed by atoms with E-state index in [4.69, 9.17) is 20.9 Å². The molecule has 5 rings (SSSR count). The van der Waals surface area contributed by atoms with Crippen LogP contribution in [0.5, 0.6) is 0 Å². The summed E-state index contributed by atoms with van der Waals surface area (Å²) in [5.41, 5.74) is 1.75. The number of fused-ring (bicyclic) bond motifs is 1. The van der Waals surface area contributed by atoms with Gasteiger partial charge in [0.15, 0.2) is 17.0 Å². The van der Waals surface area contributed by atoms with Gasteiger partial charge in [0.25, 0.3) is 5.56 Å². The summed E-state index contributed by atoms with van der Waals surface area (Å²) >= 11 is 5.96. The van der Waals surface area contributed by atoms with E-state index in [-0.39, 0.29) is 24.1 Å². The highest BCUT2D eigenvalue weighted by Gasteiger charge is 2.31. The molecule has 1 fully saturated rings. The highest BCUT2D eigenvalue weighted by atomic mass is 35.5. The number of ether oxygens (including phenoxy) is 1. The van der Waals surface area contributed by atoms with Crippen molar-refractivity contribution in [2.45, 2.75) is 31.9 Å². The van der Waals surface area contributed by atoms with Crippen molar-refractivity contribution in [3.63, 3.8) is 0 Å². The van der Waals surface area contributed by atoms with Crippen LogP contribution in [0.2, 0.25) is 5.02 Å². The third-order valence-electron chi connectivity index (χ3n) is 5.48. The molecule has 1 aliphatic heterocycles. The van der Waals surface area contributed by atoms with Crippen LogP contribution < -0.4 is 5.56 Å². The lowest BCUT2D eigenvalue weighted by molar-refractivity contribution is 0.110. The predicted molar refractivity (Wildman–Crippen MR) is 108 cm³/mol. The molecule has 0 saturated carbocycles. The van der Waals surface area contributed by atoms with Gasteiger partial charge in [-0.15, -0.1) is 0 Å². The summed E-state index contributed by atoms with van der Waals surface area (Å²) < 4.78 is 14.5. The molecule has 9 nitrogen and oxygen atoms in total. The maximum Gasteiger partial charge on any atom is 0.280 e. The monoisotopic (exact) mass is 426 g/mol. The standard InChI is InChI=1S/C20H19ClN6O3/c1-11-23-19-17(26(11)2)20(28)27(10-22-19)8-16-24-18(25-30-16)13-7-15(29-9-13)12-3-5-14(21)6-4-12/h3-6,10,13,15H,7-9H2,1-2H3/t13-,15+/m0/s1. The summed E-state index contributed by atoms with van der Waals surface area (Å²) in [4.78, 5) is 25.8. The normalized spacial score (nSPS) is 19.0. The molecule has 0 spiro atoms. The smallest absolute Gasteiger partial charge is 0.280 e. The minimum absolute atomic E-state index is 0.0280. The van der Waals surface area contributed by atoms with E-state index in [0.717, 1.165) is 17.8 Å². The summed E-state index contributed by atoms with van der Waals surface area (Å²) in [6.07, 6.45) is 2.18. The van der Waals surface area contributed by atoms with Gasteiger partial charge in [-0.05, 0) is 31.0 Å². The van der Waals surface area contributed by atoms with Gasteiger partial charge >= 0.3 is 0 Å². The SMILES string of the molecule is Cc1nc2ncn(Cc3nc([C@@H]4CO[C@@H](c5ccc(Cl)cc5)C4)no3)c(=O)c2n1C. The number of halogens is 1. The number of nitrogens with zero attached hydrogens (tertiary/aromatic N) is 6. The molecular weight excluding hydrogens is 408 g/mol. The van der Waals surface area contributed by atoms with Gasteiger partial charge in [-0.25, -0.2) is 9.97 Å². The molecule has 0 unspecified atom stereocenters. The van der Waals surface area contributed by atoms with Crippen molar-refractivity contribution in [2.24, 2.45) is 7.05 Å². The summed E-state index contributed by atoms with van der Waals surface area (Å²) in [7, 11) is 1.79. The van der Waals surface area contributed by atoms with Gasteiger partial charge in [-0.1, -0.05) is 28.9 Å². The number of rotatable bonds is 4. The van der Waals surface area contributed by atoms with E-state index in [1.54, 1.807) is 11.6 Å². The topological polar surface area (TPSA) is 101 Å². The maximum absolute atomic E-state index is 12.8. The summed E-state index contributed by atoms with van der Waals surface area (Å²) in [5.74, 6) is 1.69. The van der Waals surface area contributed by atoms with Crippen LogP contribution in [0.4, 0.5) is 0 Å². The first-order chi connectivity index (χ1) is 14.5. The van der Waals surface area contributed by atoms with Crippen molar-refractivity contribution in [2.75, 3.05) is 6.61 Å². The van der Waals surface area contributed by atoms with E-state index in [1.807, 2.05) is 31.2 Å². The largest absolute Gasteiger partial charge is 0.373 e. The number of imidazole rings is 1. The van der Waals surface area contributed by atoms with Crippen molar-refractivity contribution < 1.29 is 9.26 Å². The van der Waals surface area contributed by atoms with Crippen LogP contribution in [0.15, 0.2) is 39.9 Å². The molecule has 4 aromatic rings. The lowest BCUT2D eigenvalue weighted by Crippen LogP contribution is -2.22. The molecule has 3 aromatic heterocycles. The molecule has 0 aliphatic carbocycles. The molecule has 1 aromatic carbocycles. The number of aromatic nitrogens is 6.